The number of benzene rings is 1. The van der Waals surface area contributed by atoms with E-state index in [0.29, 0.717) is 18.9 Å². The normalized spacial score (nSPS) is 20.7. The molecule has 2 fully saturated rings. The summed E-state index contributed by atoms with van der Waals surface area (Å²) in [4.78, 5) is 4.79. The molecule has 1 atom stereocenters. The summed E-state index contributed by atoms with van der Waals surface area (Å²) in [6.45, 7) is 6.51. The van der Waals surface area contributed by atoms with Gasteiger partial charge < -0.3 is 19.5 Å². The lowest BCUT2D eigenvalue weighted by Crippen LogP contribution is -2.37. The van der Waals surface area contributed by atoms with E-state index in [2.05, 4.69) is 21.9 Å². The monoisotopic (exact) mass is 362 g/mol. The van der Waals surface area contributed by atoms with Crippen LogP contribution >= 0.6 is 0 Å². The van der Waals surface area contributed by atoms with Gasteiger partial charge in [0.15, 0.2) is 11.5 Å². The number of nitrogens with zero attached hydrogens (tertiary/aromatic N) is 2. The Morgan fingerprint density at radius 2 is 1.62 bits per heavy atom. The summed E-state index contributed by atoms with van der Waals surface area (Å²) < 4.78 is 11.4. The van der Waals surface area contributed by atoms with Gasteiger partial charge in [-0.25, -0.2) is 0 Å². The highest BCUT2D eigenvalue weighted by atomic mass is 16.5. The van der Waals surface area contributed by atoms with E-state index in [9.17, 15) is 5.11 Å². The molecule has 0 bridgehead atoms. The van der Waals surface area contributed by atoms with E-state index in [0.717, 1.165) is 25.4 Å². The van der Waals surface area contributed by atoms with Crippen LogP contribution in [0.25, 0.3) is 0 Å². The van der Waals surface area contributed by atoms with Gasteiger partial charge >= 0.3 is 0 Å². The van der Waals surface area contributed by atoms with Gasteiger partial charge in [-0.2, -0.15) is 0 Å². The molecule has 5 heteroatoms. The lowest BCUT2D eigenvalue weighted by Gasteiger charge is -2.30. The van der Waals surface area contributed by atoms with E-state index in [-0.39, 0.29) is 0 Å². The van der Waals surface area contributed by atoms with Crippen LogP contribution < -0.4 is 9.47 Å². The number of ether oxygens (including phenoxy) is 2. The molecule has 0 aliphatic carbocycles. The minimum atomic E-state index is -0.472. The number of aliphatic hydroxyl groups excluding tert-OH is 1. The van der Waals surface area contributed by atoms with Crippen LogP contribution in [0.5, 0.6) is 11.5 Å². The topological polar surface area (TPSA) is 45.2 Å². The Labute approximate surface area is 157 Å². The molecular formula is C21H34N2O3. The second-order valence-electron chi connectivity index (χ2n) is 7.65. The summed E-state index contributed by atoms with van der Waals surface area (Å²) in [5.41, 5.74) is 1.25. The zero-order chi connectivity index (χ0) is 18.2. The standard InChI is InChI=1S/C21H34N2O3/c1-25-21-14-18(15-22-12-7-13-22)8-9-20(21)26-17-19(24)16-23-10-5-3-2-4-6-11-23/h8-9,14,19,24H,2-7,10-13,15-17H2,1H3/t19-/m1/s1. The van der Waals surface area contributed by atoms with Crippen LogP contribution in [0.2, 0.25) is 0 Å². The minimum Gasteiger partial charge on any atom is -0.493 e. The maximum absolute atomic E-state index is 10.4. The Morgan fingerprint density at radius 1 is 0.923 bits per heavy atom. The summed E-state index contributed by atoms with van der Waals surface area (Å²) >= 11 is 0. The molecule has 2 heterocycles. The van der Waals surface area contributed by atoms with Crippen molar-refractivity contribution in [2.24, 2.45) is 0 Å². The Morgan fingerprint density at radius 3 is 2.27 bits per heavy atom. The van der Waals surface area contributed by atoms with Gasteiger partial charge in [0, 0.05) is 13.1 Å². The Kier molecular flexibility index (Phi) is 7.59. The molecule has 0 saturated carbocycles. The van der Waals surface area contributed by atoms with Crippen molar-refractivity contribution in [3.8, 4) is 11.5 Å². The smallest absolute Gasteiger partial charge is 0.161 e. The number of hydrogen-bond acceptors (Lipinski definition) is 5. The highest BCUT2D eigenvalue weighted by molar-refractivity contribution is 5.43. The van der Waals surface area contributed by atoms with Crippen LogP contribution in [0.1, 0.15) is 44.1 Å². The number of methoxy groups -OCH3 is 1. The Hall–Kier alpha value is -1.30. The molecular weight excluding hydrogens is 328 g/mol. The zero-order valence-electron chi connectivity index (χ0n) is 16.2. The molecule has 1 N–H and O–H groups in total. The summed E-state index contributed by atoms with van der Waals surface area (Å²) in [6, 6.07) is 6.12. The molecule has 2 aliphatic rings. The molecule has 3 rings (SSSR count). The predicted molar refractivity (Wildman–Crippen MR) is 104 cm³/mol. The quantitative estimate of drug-likeness (QED) is 0.770. The second kappa shape index (κ2) is 10.1. The molecule has 0 unspecified atom stereocenters. The molecule has 1 aromatic rings. The lowest BCUT2D eigenvalue weighted by molar-refractivity contribution is 0.0644. The van der Waals surface area contributed by atoms with Crippen LogP contribution in [0.3, 0.4) is 0 Å². The molecule has 2 saturated heterocycles. The molecule has 26 heavy (non-hydrogen) atoms. The summed E-state index contributed by atoms with van der Waals surface area (Å²) in [5.74, 6) is 1.47. The average molecular weight is 363 g/mol. The van der Waals surface area contributed by atoms with E-state index in [1.165, 1.54) is 57.2 Å². The molecule has 0 radical (unpaired) electrons. The Bertz CT molecular complexity index is 540. The third kappa shape index (κ3) is 5.86. The van der Waals surface area contributed by atoms with E-state index < -0.39 is 6.10 Å². The van der Waals surface area contributed by atoms with Gasteiger partial charge in [-0.3, -0.25) is 4.90 Å². The van der Waals surface area contributed by atoms with Gasteiger partial charge in [-0.05, 0) is 63.1 Å². The van der Waals surface area contributed by atoms with Crippen molar-refractivity contribution in [1.82, 2.24) is 9.80 Å². The van der Waals surface area contributed by atoms with Crippen molar-refractivity contribution in [1.29, 1.82) is 0 Å². The molecule has 146 valence electrons. The number of β-amino-alcohol motifs (C(OH)–C–C–N with tert-alkyl or cyclic N) is 1. The number of aliphatic hydroxyl groups is 1. The SMILES string of the molecule is COc1cc(CN2CCC2)ccc1OC[C@H](O)CN1CCCCCCC1. The predicted octanol–water partition coefficient (Wildman–Crippen LogP) is 2.91. The van der Waals surface area contributed by atoms with E-state index in [1.54, 1.807) is 7.11 Å². The summed E-state index contributed by atoms with van der Waals surface area (Å²) in [6.07, 6.45) is 7.27. The van der Waals surface area contributed by atoms with Crippen molar-refractivity contribution in [2.45, 2.75) is 51.2 Å². The number of hydrogen-bond donors (Lipinski definition) is 1. The highest BCUT2D eigenvalue weighted by Crippen LogP contribution is 2.29. The molecule has 0 spiro atoms. The fraction of sp³-hybridized carbons (Fsp3) is 0.714. The molecule has 2 aliphatic heterocycles. The first kappa shape index (κ1) is 19.5. The lowest BCUT2D eigenvalue weighted by atomic mass is 10.1. The Balaban J connectivity index is 1.47. The van der Waals surface area contributed by atoms with Crippen molar-refractivity contribution in [2.75, 3.05) is 46.4 Å². The van der Waals surface area contributed by atoms with Crippen LogP contribution in [0.15, 0.2) is 18.2 Å². The van der Waals surface area contributed by atoms with E-state index in [4.69, 9.17) is 9.47 Å². The maximum atomic E-state index is 10.4. The van der Waals surface area contributed by atoms with E-state index >= 15 is 0 Å². The molecule has 0 amide bonds. The second-order valence-corrected chi connectivity index (χ2v) is 7.65. The van der Waals surface area contributed by atoms with Crippen LogP contribution in [0.4, 0.5) is 0 Å². The van der Waals surface area contributed by atoms with Crippen LogP contribution in [-0.4, -0.2) is 67.5 Å². The van der Waals surface area contributed by atoms with Gasteiger partial charge in [0.05, 0.1) is 7.11 Å². The maximum Gasteiger partial charge on any atom is 0.161 e. The van der Waals surface area contributed by atoms with Crippen molar-refractivity contribution < 1.29 is 14.6 Å². The van der Waals surface area contributed by atoms with Crippen molar-refractivity contribution in [3.05, 3.63) is 23.8 Å². The minimum absolute atomic E-state index is 0.304. The third-order valence-corrected chi connectivity index (χ3v) is 5.43. The first-order valence-corrected chi connectivity index (χ1v) is 10.2. The third-order valence-electron chi connectivity index (χ3n) is 5.43. The zero-order valence-corrected chi connectivity index (χ0v) is 16.2. The van der Waals surface area contributed by atoms with Gasteiger partial charge in [0.25, 0.3) is 0 Å². The summed E-state index contributed by atoms with van der Waals surface area (Å²) in [5, 5.41) is 10.4. The summed E-state index contributed by atoms with van der Waals surface area (Å²) in [7, 11) is 1.67. The van der Waals surface area contributed by atoms with Gasteiger partial charge in [0.1, 0.15) is 12.7 Å². The average Bonchev–Trinajstić information content (AvgIpc) is 2.59. The first-order valence-electron chi connectivity index (χ1n) is 10.2. The van der Waals surface area contributed by atoms with Crippen LogP contribution in [0, 0.1) is 0 Å². The van der Waals surface area contributed by atoms with Crippen molar-refractivity contribution in [3.63, 3.8) is 0 Å². The van der Waals surface area contributed by atoms with E-state index in [1.807, 2.05) is 6.07 Å². The van der Waals surface area contributed by atoms with Crippen molar-refractivity contribution >= 4 is 0 Å². The van der Waals surface area contributed by atoms with Gasteiger partial charge in [0.2, 0.25) is 0 Å². The fourth-order valence-electron chi connectivity index (χ4n) is 3.76. The molecule has 0 aromatic heterocycles. The van der Waals surface area contributed by atoms with Crippen LogP contribution in [-0.2, 0) is 6.54 Å². The molecule has 1 aromatic carbocycles. The first-order chi connectivity index (χ1) is 12.7. The number of rotatable bonds is 8. The number of likely N-dealkylation sites (tertiary alicyclic amines) is 2. The fourth-order valence-corrected chi connectivity index (χ4v) is 3.76. The van der Waals surface area contributed by atoms with Gasteiger partial charge in [-0.1, -0.05) is 25.3 Å². The largest absolute Gasteiger partial charge is 0.493 e. The van der Waals surface area contributed by atoms with Gasteiger partial charge in [-0.15, -0.1) is 0 Å². The molecule has 5 nitrogen and oxygen atoms in total. The highest BCUT2D eigenvalue weighted by Gasteiger charge is 2.17.